The van der Waals surface area contributed by atoms with Gasteiger partial charge in [-0.25, -0.2) is 4.68 Å². The van der Waals surface area contributed by atoms with Gasteiger partial charge in [-0.05, 0) is 43.7 Å². The molecule has 15 heavy (non-hydrogen) atoms. The van der Waals surface area contributed by atoms with E-state index in [1.54, 1.807) is 17.8 Å². The lowest BCUT2D eigenvalue weighted by atomic mass is 10.1. The lowest BCUT2D eigenvalue weighted by Gasteiger charge is -2.01. The van der Waals surface area contributed by atoms with Gasteiger partial charge in [0.15, 0.2) is 5.78 Å². The summed E-state index contributed by atoms with van der Waals surface area (Å²) in [4.78, 5) is 11.1. The minimum atomic E-state index is 0.0817. The second-order valence-corrected chi connectivity index (χ2v) is 3.57. The molecular formula is C12H12N2O. The minimum Gasteiger partial charge on any atom is -0.295 e. The van der Waals surface area contributed by atoms with Crippen molar-refractivity contribution in [3.8, 4) is 5.69 Å². The number of rotatable bonds is 2. The SMILES string of the molecule is CC(=O)c1ccc(-n2cc(C)cn2)cc1. The molecule has 3 nitrogen and oxygen atoms in total. The van der Waals surface area contributed by atoms with Crippen LogP contribution in [0.5, 0.6) is 0 Å². The highest BCUT2D eigenvalue weighted by Crippen LogP contribution is 2.10. The summed E-state index contributed by atoms with van der Waals surface area (Å²) in [6.07, 6.45) is 3.75. The van der Waals surface area contributed by atoms with Crippen LogP contribution in [0.2, 0.25) is 0 Å². The first-order valence-corrected chi connectivity index (χ1v) is 4.79. The van der Waals surface area contributed by atoms with E-state index < -0.39 is 0 Å². The fourth-order valence-electron chi connectivity index (χ4n) is 1.40. The molecule has 0 radical (unpaired) electrons. The van der Waals surface area contributed by atoms with E-state index in [0.29, 0.717) is 0 Å². The molecule has 0 N–H and O–H groups in total. The number of aromatic nitrogens is 2. The van der Waals surface area contributed by atoms with Crippen LogP contribution in [0.1, 0.15) is 22.8 Å². The largest absolute Gasteiger partial charge is 0.295 e. The van der Waals surface area contributed by atoms with E-state index >= 15 is 0 Å². The van der Waals surface area contributed by atoms with Crippen LogP contribution < -0.4 is 0 Å². The Balaban J connectivity index is 2.35. The summed E-state index contributed by atoms with van der Waals surface area (Å²) in [7, 11) is 0. The molecule has 0 atom stereocenters. The van der Waals surface area contributed by atoms with Gasteiger partial charge in [0.25, 0.3) is 0 Å². The summed E-state index contributed by atoms with van der Waals surface area (Å²) in [5.41, 5.74) is 2.81. The van der Waals surface area contributed by atoms with Crippen molar-refractivity contribution in [1.29, 1.82) is 0 Å². The number of benzene rings is 1. The van der Waals surface area contributed by atoms with Crippen LogP contribution in [0.15, 0.2) is 36.7 Å². The first-order chi connectivity index (χ1) is 7.16. The van der Waals surface area contributed by atoms with E-state index in [2.05, 4.69) is 5.10 Å². The fourth-order valence-corrected chi connectivity index (χ4v) is 1.40. The predicted molar refractivity (Wildman–Crippen MR) is 58.3 cm³/mol. The summed E-state index contributed by atoms with van der Waals surface area (Å²) in [6, 6.07) is 7.41. The van der Waals surface area contributed by atoms with Gasteiger partial charge < -0.3 is 0 Å². The number of nitrogens with zero attached hydrogens (tertiary/aromatic N) is 2. The van der Waals surface area contributed by atoms with Crippen LogP contribution in [0.3, 0.4) is 0 Å². The molecule has 2 aromatic rings. The number of aryl methyl sites for hydroxylation is 1. The fraction of sp³-hybridized carbons (Fsp3) is 0.167. The van der Waals surface area contributed by atoms with E-state index in [0.717, 1.165) is 16.8 Å². The Morgan fingerprint density at radius 2 is 1.93 bits per heavy atom. The van der Waals surface area contributed by atoms with Gasteiger partial charge in [0.2, 0.25) is 0 Å². The molecule has 0 amide bonds. The highest BCUT2D eigenvalue weighted by molar-refractivity contribution is 5.94. The highest BCUT2D eigenvalue weighted by Gasteiger charge is 2.00. The maximum atomic E-state index is 11.1. The molecule has 1 aromatic carbocycles. The van der Waals surface area contributed by atoms with Crippen LogP contribution in [-0.2, 0) is 0 Å². The van der Waals surface area contributed by atoms with E-state index in [9.17, 15) is 4.79 Å². The lowest BCUT2D eigenvalue weighted by Crippen LogP contribution is -1.96. The van der Waals surface area contributed by atoms with Crippen molar-refractivity contribution >= 4 is 5.78 Å². The molecule has 0 aliphatic rings. The third kappa shape index (κ3) is 1.96. The van der Waals surface area contributed by atoms with Gasteiger partial charge in [-0.2, -0.15) is 5.10 Å². The third-order valence-electron chi connectivity index (χ3n) is 2.25. The molecule has 0 saturated carbocycles. The number of hydrogen-bond acceptors (Lipinski definition) is 2. The number of ketones is 1. The molecule has 1 aromatic heterocycles. The highest BCUT2D eigenvalue weighted by atomic mass is 16.1. The molecule has 2 rings (SSSR count). The Morgan fingerprint density at radius 3 is 2.40 bits per heavy atom. The molecule has 0 bridgehead atoms. The standard InChI is InChI=1S/C12H12N2O/c1-9-7-13-14(8-9)12-5-3-11(4-6-12)10(2)15/h3-8H,1-2H3. The van der Waals surface area contributed by atoms with Crippen LogP contribution in [0.4, 0.5) is 0 Å². The molecule has 0 fully saturated rings. The van der Waals surface area contributed by atoms with Gasteiger partial charge in [0.1, 0.15) is 0 Å². The second-order valence-electron chi connectivity index (χ2n) is 3.57. The maximum Gasteiger partial charge on any atom is 0.159 e. The van der Waals surface area contributed by atoms with Gasteiger partial charge in [-0.3, -0.25) is 4.79 Å². The zero-order chi connectivity index (χ0) is 10.8. The van der Waals surface area contributed by atoms with Crippen molar-refractivity contribution in [3.05, 3.63) is 47.8 Å². The normalized spacial score (nSPS) is 10.3. The first-order valence-electron chi connectivity index (χ1n) is 4.79. The van der Waals surface area contributed by atoms with Gasteiger partial charge in [0, 0.05) is 11.8 Å². The van der Waals surface area contributed by atoms with Crippen molar-refractivity contribution in [2.24, 2.45) is 0 Å². The van der Waals surface area contributed by atoms with Crippen LogP contribution in [0.25, 0.3) is 5.69 Å². The average Bonchev–Trinajstić information content (AvgIpc) is 2.65. The number of hydrogen-bond donors (Lipinski definition) is 0. The number of Topliss-reactive ketones (excluding diaryl/α,β-unsaturated/α-hetero) is 1. The Labute approximate surface area is 88.4 Å². The van der Waals surface area contributed by atoms with Crippen LogP contribution in [0, 0.1) is 6.92 Å². The lowest BCUT2D eigenvalue weighted by molar-refractivity contribution is 0.101. The molecule has 0 saturated heterocycles. The van der Waals surface area contributed by atoms with Gasteiger partial charge in [0.05, 0.1) is 11.9 Å². The van der Waals surface area contributed by atoms with Crippen molar-refractivity contribution in [2.45, 2.75) is 13.8 Å². The molecule has 0 spiro atoms. The van der Waals surface area contributed by atoms with Crippen molar-refractivity contribution in [3.63, 3.8) is 0 Å². The smallest absolute Gasteiger partial charge is 0.159 e. The Hall–Kier alpha value is -1.90. The van der Waals surface area contributed by atoms with Gasteiger partial charge >= 0.3 is 0 Å². The molecule has 0 aliphatic carbocycles. The van der Waals surface area contributed by atoms with E-state index in [1.165, 1.54) is 0 Å². The average molecular weight is 200 g/mol. The zero-order valence-corrected chi connectivity index (χ0v) is 8.77. The van der Waals surface area contributed by atoms with Crippen molar-refractivity contribution in [2.75, 3.05) is 0 Å². The summed E-state index contributed by atoms with van der Waals surface area (Å²) in [5, 5.41) is 4.19. The molecule has 1 heterocycles. The van der Waals surface area contributed by atoms with E-state index in [1.807, 2.05) is 37.4 Å². The van der Waals surface area contributed by atoms with Crippen LogP contribution >= 0.6 is 0 Å². The monoisotopic (exact) mass is 200 g/mol. The molecular weight excluding hydrogens is 188 g/mol. The molecule has 0 unspecified atom stereocenters. The summed E-state index contributed by atoms with van der Waals surface area (Å²) >= 11 is 0. The van der Waals surface area contributed by atoms with Gasteiger partial charge in [-0.15, -0.1) is 0 Å². The first kappa shape index (κ1) is 9.65. The van der Waals surface area contributed by atoms with Crippen molar-refractivity contribution in [1.82, 2.24) is 9.78 Å². The Kier molecular flexibility index (Phi) is 2.37. The topological polar surface area (TPSA) is 34.9 Å². The maximum absolute atomic E-state index is 11.1. The molecule has 3 heteroatoms. The third-order valence-corrected chi connectivity index (χ3v) is 2.25. The van der Waals surface area contributed by atoms with Crippen LogP contribution in [-0.4, -0.2) is 15.6 Å². The number of carbonyl (C=O) groups is 1. The summed E-state index contributed by atoms with van der Waals surface area (Å²) < 4.78 is 1.79. The van der Waals surface area contributed by atoms with E-state index in [4.69, 9.17) is 0 Å². The Morgan fingerprint density at radius 1 is 1.27 bits per heavy atom. The number of carbonyl (C=O) groups excluding carboxylic acids is 1. The molecule has 76 valence electrons. The quantitative estimate of drug-likeness (QED) is 0.697. The minimum absolute atomic E-state index is 0.0817. The predicted octanol–water partition coefficient (Wildman–Crippen LogP) is 2.38. The van der Waals surface area contributed by atoms with Gasteiger partial charge in [-0.1, -0.05) is 0 Å². The van der Waals surface area contributed by atoms with E-state index in [-0.39, 0.29) is 5.78 Å². The summed E-state index contributed by atoms with van der Waals surface area (Å²) in [6.45, 7) is 3.56. The molecule has 0 aliphatic heterocycles. The zero-order valence-electron chi connectivity index (χ0n) is 8.77. The van der Waals surface area contributed by atoms with Crippen molar-refractivity contribution < 1.29 is 4.79 Å². The Bertz CT molecular complexity index is 483. The summed E-state index contributed by atoms with van der Waals surface area (Å²) in [5.74, 6) is 0.0817. The second kappa shape index (κ2) is 3.69.